The summed E-state index contributed by atoms with van der Waals surface area (Å²) in [4.78, 5) is 0. The molecule has 0 aromatic carbocycles. The molecule has 5 nitrogen and oxygen atoms in total. The molecule has 0 aliphatic rings. The van der Waals surface area contributed by atoms with E-state index >= 15 is 0 Å². The standard InChI is InChI=1S/C4H9N5S.ClH/c5-2-1-3-7-8-4(10)9(3)6;/h1-2,5-6H2,(H,8,10);1H. The van der Waals surface area contributed by atoms with Gasteiger partial charge in [0.2, 0.25) is 4.77 Å². The van der Waals surface area contributed by atoms with Crippen molar-refractivity contribution in [3.05, 3.63) is 10.6 Å². The zero-order chi connectivity index (χ0) is 7.56. The van der Waals surface area contributed by atoms with Crippen LogP contribution in [0.5, 0.6) is 0 Å². The Labute approximate surface area is 75.1 Å². The molecule has 0 amide bonds. The third-order valence-corrected chi connectivity index (χ3v) is 1.43. The van der Waals surface area contributed by atoms with E-state index < -0.39 is 0 Å². The number of rotatable bonds is 2. The second-order valence-electron chi connectivity index (χ2n) is 1.85. The van der Waals surface area contributed by atoms with Crippen molar-refractivity contribution in [1.29, 1.82) is 0 Å². The molecule has 0 saturated carbocycles. The number of hydrogen-bond acceptors (Lipinski definition) is 4. The Bertz CT molecular complexity index is 266. The molecular weight excluding hydrogens is 186 g/mol. The number of nitrogens with zero attached hydrogens (tertiary/aromatic N) is 2. The molecule has 0 atom stereocenters. The Morgan fingerprint density at radius 3 is 2.64 bits per heavy atom. The van der Waals surface area contributed by atoms with E-state index in [9.17, 15) is 0 Å². The van der Waals surface area contributed by atoms with Gasteiger partial charge in [-0.2, -0.15) is 5.10 Å². The van der Waals surface area contributed by atoms with E-state index in [1.54, 1.807) is 0 Å². The number of nitrogens with two attached hydrogens (primary N) is 2. The summed E-state index contributed by atoms with van der Waals surface area (Å²) in [5.74, 6) is 6.14. The summed E-state index contributed by atoms with van der Waals surface area (Å²) in [5, 5.41) is 6.40. The molecule has 1 heterocycles. The highest BCUT2D eigenvalue weighted by atomic mass is 35.5. The lowest BCUT2D eigenvalue weighted by atomic mass is 10.4. The fourth-order valence-electron chi connectivity index (χ4n) is 0.643. The van der Waals surface area contributed by atoms with Crippen molar-refractivity contribution in [2.75, 3.05) is 12.4 Å². The molecule has 0 spiro atoms. The van der Waals surface area contributed by atoms with Gasteiger partial charge in [0.15, 0.2) is 5.82 Å². The number of H-pyrrole nitrogens is 1. The van der Waals surface area contributed by atoms with Crippen molar-refractivity contribution in [3.63, 3.8) is 0 Å². The van der Waals surface area contributed by atoms with Gasteiger partial charge in [-0.1, -0.05) is 0 Å². The normalized spacial score (nSPS) is 9.18. The van der Waals surface area contributed by atoms with Crippen LogP contribution in [0.3, 0.4) is 0 Å². The monoisotopic (exact) mass is 195 g/mol. The molecule has 0 radical (unpaired) electrons. The fraction of sp³-hybridized carbons (Fsp3) is 0.500. The third kappa shape index (κ3) is 2.18. The van der Waals surface area contributed by atoms with Gasteiger partial charge >= 0.3 is 0 Å². The predicted molar refractivity (Wildman–Crippen MR) is 47.6 cm³/mol. The van der Waals surface area contributed by atoms with E-state index in [-0.39, 0.29) is 12.4 Å². The lowest BCUT2D eigenvalue weighted by Gasteiger charge is -1.94. The number of nitrogen functional groups attached to an aromatic ring is 1. The lowest BCUT2D eigenvalue weighted by molar-refractivity contribution is 0.807. The minimum absolute atomic E-state index is 0. The van der Waals surface area contributed by atoms with Crippen LogP contribution in [0.1, 0.15) is 5.82 Å². The number of halogens is 1. The van der Waals surface area contributed by atoms with Gasteiger partial charge in [-0.05, 0) is 18.8 Å². The van der Waals surface area contributed by atoms with Gasteiger partial charge in [0.1, 0.15) is 0 Å². The second kappa shape index (κ2) is 4.32. The Hall–Kier alpha value is -0.590. The third-order valence-electron chi connectivity index (χ3n) is 1.15. The van der Waals surface area contributed by atoms with Gasteiger partial charge in [0.25, 0.3) is 0 Å². The molecule has 1 aromatic heterocycles. The van der Waals surface area contributed by atoms with Gasteiger partial charge in [0, 0.05) is 6.42 Å². The van der Waals surface area contributed by atoms with Crippen molar-refractivity contribution in [1.82, 2.24) is 14.9 Å². The van der Waals surface area contributed by atoms with Crippen molar-refractivity contribution in [3.8, 4) is 0 Å². The Morgan fingerprint density at radius 1 is 1.64 bits per heavy atom. The topological polar surface area (TPSA) is 85.6 Å². The number of aromatic nitrogens is 3. The van der Waals surface area contributed by atoms with Crippen LogP contribution >= 0.6 is 24.6 Å². The van der Waals surface area contributed by atoms with Gasteiger partial charge < -0.3 is 11.6 Å². The SMILES string of the molecule is Cl.NCCc1n[nH]c(=S)n1N. The largest absolute Gasteiger partial charge is 0.335 e. The Balaban J connectivity index is 0.000001000. The fourth-order valence-corrected chi connectivity index (χ4v) is 0.794. The Morgan fingerprint density at radius 2 is 2.27 bits per heavy atom. The number of aromatic amines is 1. The maximum Gasteiger partial charge on any atom is 0.214 e. The molecule has 7 heteroatoms. The average molecular weight is 196 g/mol. The van der Waals surface area contributed by atoms with Crippen LogP contribution < -0.4 is 11.6 Å². The van der Waals surface area contributed by atoms with Crippen molar-refractivity contribution < 1.29 is 0 Å². The molecule has 5 N–H and O–H groups in total. The quantitative estimate of drug-likeness (QED) is 0.442. The van der Waals surface area contributed by atoms with Gasteiger partial charge in [0.05, 0.1) is 0 Å². The van der Waals surface area contributed by atoms with Crippen LogP contribution in [0.2, 0.25) is 0 Å². The van der Waals surface area contributed by atoms with Crippen LogP contribution in [0.15, 0.2) is 0 Å². The highest BCUT2D eigenvalue weighted by Crippen LogP contribution is 1.90. The first-order chi connectivity index (χ1) is 4.75. The first kappa shape index (κ1) is 10.4. The summed E-state index contributed by atoms with van der Waals surface area (Å²) in [7, 11) is 0. The Kier molecular flexibility index (Phi) is 4.09. The predicted octanol–water partition coefficient (Wildman–Crippen LogP) is -0.423. The van der Waals surface area contributed by atoms with Crippen molar-refractivity contribution in [2.45, 2.75) is 6.42 Å². The van der Waals surface area contributed by atoms with Crippen LogP contribution in [-0.4, -0.2) is 21.4 Å². The van der Waals surface area contributed by atoms with E-state index in [1.807, 2.05) is 0 Å². The first-order valence-corrected chi connectivity index (χ1v) is 3.28. The lowest BCUT2D eigenvalue weighted by Crippen LogP contribution is -2.16. The summed E-state index contributed by atoms with van der Waals surface area (Å²) >= 11 is 4.77. The van der Waals surface area contributed by atoms with Crippen LogP contribution in [0.4, 0.5) is 0 Å². The molecule has 0 saturated heterocycles. The minimum Gasteiger partial charge on any atom is -0.335 e. The number of hydrogen-bond donors (Lipinski definition) is 3. The number of nitrogens with one attached hydrogen (secondary N) is 1. The summed E-state index contributed by atoms with van der Waals surface area (Å²) in [5.41, 5.74) is 5.28. The summed E-state index contributed by atoms with van der Waals surface area (Å²) in [6, 6.07) is 0. The average Bonchev–Trinajstić information content (AvgIpc) is 2.20. The zero-order valence-electron chi connectivity index (χ0n) is 5.78. The van der Waals surface area contributed by atoms with Gasteiger partial charge in [-0.3, -0.25) is 5.10 Å². The molecular formula is C4H10ClN5S. The minimum atomic E-state index is 0. The second-order valence-corrected chi connectivity index (χ2v) is 2.24. The first-order valence-electron chi connectivity index (χ1n) is 2.87. The zero-order valence-corrected chi connectivity index (χ0v) is 7.41. The van der Waals surface area contributed by atoms with E-state index in [0.29, 0.717) is 23.6 Å². The summed E-state index contributed by atoms with van der Waals surface area (Å²) in [6.07, 6.45) is 0.642. The smallest absolute Gasteiger partial charge is 0.214 e. The maximum atomic E-state index is 5.45. The van der Waals surface area contributed by atoms with Crippen LogP contribution in [0, 0.1) is 4.77 Å². The summed E-state index contributed by atoms with van der Waals surface area (Å²) < 4.78 is 1.74. The molecule has 0 bridgehead atoms. The summed E-state index contributed by atoms with van der Waals surface area (Å²) in [6.45, 7) is 0.525. The maximum absolute atomic E-state index is 5.45. The van der Waals surface area contributed by atoms with E-state index in [1.165, 1.54) is 4.68 Å². The van der Waals surface area contributed by atoms with Crippen molar-refractivity contribution >= 4 is 24.6 Å². The van der Waals surface area contributed by atoms with Crippen LogP contribution in [0.25, 0.3) is 0 Å². The molecule has 0 aliphatic carbocycles. The van der Waals surface area contributed by atoms with Crippen molar-refractivity contribution in [2.24, 2.45) is 5.73 Å². The van der Waals surface area contributed by atoms with Crippen LogP contribution in [-0.2, 0) is 6.42 Å². The van der Waals surface area contributed by atoms with E-state index in [4.69, 9.17) is 23.8 Å². The van der Waals surface area contributed by atoms with Gasteiger partial charge in [-0.15, -0.1) is 12.4 Å². The van der Waals surface area contributed by atoms with E-state index in [0.717, 1.165) is 0 Å². The molecule has 0 fully saturated rings. The molecule has 0 unspecified atom stereocenters. The highest BCUT2D eigenvalue weighted by molar-refractivity contribution is 7.71. The molecule has 11 heavy (non-hydrogen) atoms. The van der Waals surface area contributed by atoms with E-state index in [2.05, 4.69) is 10.2 Å². The highest BCUT2D eigenvalue weighted by Gasteiger charge is 1.99. The molecule has 1 aromatic rings. The molecule has 1 rings (SSSR count). The molecule has 64 valence electrons. The molecule has 0 aliphatic heterocycles. The van der Waals surface area contributed by atoms with Gasteiger partial charge in [-0.25, -0.2) is 4.68 Å².